The first-order valence-corrected chi connectivity index (χ1v) is 11.0. The van der Waals surface area contributed by atoms with Crippen LogP contribution in [0.15, 0.2) is 89.8 Å². The third kappa shape index (κ3) is 5.46. The molecule has 6 nitrogen and oxygen atoms in total. The molecule has 0 aliphatic carbocycles. The van der Waals surface area contributed by atoms with Gasteiger partial charge in [0.15, 0.2) is 0 Å². The van der Waals surface area contributed by atoms with Gasteiger partial charge in [-0.15, -0.1) is 0 Å². The molecule has 1 amide bonds. The standard InChI is InChI=1S/C23H25N3O3S/c1-26(2)22(18-9-5-3-6-10-18)17-24-23(27)19-13-15-21(16-14-19)30(28,29)25-20-11-7-4-8-12-20/h3-16,22,25H,17H2,1-2H3,(H,24,27). The summed E-state index contributed by atoms with van der Waals surface area (Å²) >= 11 is 0. The minimum Gasteiger partial charge on any atom is -0.350 e. The predicted molar refractivity (Wildman–Crippen MR) is 119 cm³/mol. The number of benzene rings is 3. The fraction of sp³-hybridized carbons (Fsp3) is 0.174. The highest BCUT2D eigenvalue weighted by molar-refractivity contribution is 7.92. The molecule has 0 fully saturated rings. The van der Waals surface area contributed by atoms with Crippen molar-refractivity contribution in [2.45, 2.75) is 10.9 Å². The first-order valence-electron chi connectivity index (χ1n) is 9.54. The van der Waals surface area contributed by atoms with E-state index in [1.165, 1.54) is 24.3 Å². The van der Waals surface area contributed by atoms with Crippen molar-refractivity contribution in [3.63, 3.8) is 0 Å². The van der Waals surface area contributed by atoms with Crippen molar-refractivity contribution in [2.24, 2.45) is 0 Å². The van der Waals surface area contributed by atoms with Gasteiger partial charge in [0.25, 0.3) is 15.9 Å². The van der Waals surface area contributed by atoms with Crippen LogP contribution in [0.2, 0.25) is 0 Å². The minimum atomic E-state index is -3.72. The van der Waals surface area contributed by atoms with Gasteiger partial charge >= 0.3 is 0 Å². The number of hydrogen-bond acceptors (Lipinski definition) is 4. The zero-order chi connectivity index (χ0) is 21.6. The Morgan fingerprint density at radius 1 is 0.867 bits per heavy atom. The third-order valence-corrected chi connectivity index (χ3v) is 6.11. The summed E-state index contributed by atoms with van der Waals surface area (Å²) in [5, 5.41) is 2.93. The molecule has 0 saturated heterocycles. The average molecular weight is 424 g/mol. The van der Waals surface area contributed by atoms with Gasteiger partial charge in [0, 0.05) is 17.8 Å². The molecule has 1 unspecified atom stereocenters. The maximum absolute atomic E-state index is 12.6. The molecule has 0 radical (unpaired) electrons. The van der Waals surface area contributed by atoms with Gasteiger partial charge in [0.05, 0.1) is 10.9 Å². The Kier molecular flexibility index (Phi) is 6.87. The fourth-order valence-corrected chi connectivity index (χ4v) is 4.13. The number of amides is 1. The van der Waals surface area contributed by atoms with E-state index in [2.05, 4.69) is 10.0 Å². The third-order valence-electron chi connectivity index (χ3n) is 4.72. The smallest absolute Gasteiger partial charge is 0.261 e. The van der Waals surface area contributed by atoms with E-state index >= 15 is 0 Å². The number of nitrogens with zero attached hydrogens (tertiary/aromatic N) is 1. The summed E-state index contributed by atoms with van der Waals surface area (Å²) in [6.45, 7) is 0.436. The molecule has 0 aromatic heterocycles. The van der Waals surface area contributed by atoms with Crippen molar-refractivity contribution in [2.75, 3.05) is 25.4 Å². The van der Waals surface area contributed by atoms with E-state index in [9.17, 15) is 13.2 Å². The molecule has 3 rings (SSSR count). The summed E-state index contributed by atoms with van der Waals surface area (Å²) in [7, 11) is 0.206. The molecule has 0 aliphatic heterocycles. The second-order valence-electron chi connectivity index (χ2n) is 7.10. The molecular formula is C23H25N3O3S. The topological polar surface area (TPSA) is 78.5 Å². The van der Waals surface area contributed by atoms with Crippen LogP contribution in [0.3, 0.4) is 0 Å². The van der Waals surface area contributed by atoms with Gasteiger partial charge in [-0.3, -0.25) is 9.52 Å². The van der Waals surface area contributed by atoms with Crippen LogP contribution in [0.5, 0.6) is 0 Å². The van der Waals surface area contributed by atoms with E-state index in [0.717, 1.165) is 5.56 Å². The zero-order valence-electron chi connectivity index (χ0n) is 16.9. The van der Waals surface area contributed by atoms with Gasteiger partial charge in [-0.2, -0.15) is 0 Å². The van der Waals surface area contributed by atoms with Gasteiger partial charge < -0.3 is 10.2 Å². The molecule has 0 aliphatic rings. The number of likely N-dealkylation sites (N-methyl/N-ethyl adjacent to an activating group) is 1. The van der Waals surface area contributed by atoms with Gasteiger partial charge in [-0.1, -0.05) is 48.5 Å². The number of sulfonamides is 1. The lowest BCUT2D eigenvalue weighted by Crippen LogP contribution is -2.34. The number of rotatable bonds is 8. The van der Waals surface area contributed by atoms with E-state index < -0.39 is 10.0 Å². The van der Waals surface area contributed by atoms with Gasteiger partial charge in [-0.25, -0.2) is 8.42 Å². The molecule has 156 valence electrons. The summed E-state index contributed by atoms with van der Waals surface area (Å²) in [6, 6.07) is 24.5. The Labute approximate surface area is 177 Å². The maximum atomic E-state index is 12.6. The molecular weight excluding hydrogens is 398 g/mol. The van der Waals surface area contributed by atoms with E-state index in [4.69, 9.17) is 0 Å². The molecule has 0 saturated carbocycles. The highest BCUT2D eigenvalue weighted by Gasteiger charge is 2.17. The summed E-state index contributed by atoms with van der Waals surface area (Å²) < 4.78 is 27.5. The second-order valence-corrected chi connectivity index (χ2v) is 8.78. The first kappa shape index (κ1) is 21.5. The SMILES string of the molecule is CN(C)C(CNC(=O)c1ccc(S(=O)(=O)Nc2ccccc2)cc1)c1ccccc1. The largest absolute Gasteiger partial charge is 0.350 e. The number of nitrogens with one attached hydrogen (secondary N) is 2. The lowest BCUT2D eigenvalue weighted by Gasteiger charge is -2.25. The number of anilines is 1. The summed E-state index contributed by atoms with van der Waals surface area (Å²) in [4.78, 5) is 14.7. The Balaban J connectivity index is 1.66. The van der Waals surface area contributed by atoms with E-state index in [0.29, 0.717) is 17.8 Å². The Bertz CT molecular complexity index is 1070. The molecule has 0 heterocycles. The van der Waals surface area contributed by atoms with Crippen molar-refractivity contribution < 1.29 is 13.2 Å². The van der Waals surface area contributed by atoms with Crippen LogP contribution < -0.4 is 10.0 Å². The monoisotopic (exact) mass is 423 g/mol. The molecule has 7 heteroatoms. The summed E-state index contributed by atoms with van der Waals surface area (Å²) in [5.41, 5.74) is 1.99. The molecule has 0 bridgehead atoms. The van der Waals surface area contributed by atoms with Crippen LogP contribution in [0.1, 0.15) is 22.0 Å². The average Bonchev–Trinajstić information content (AvgIpc) is 2.75. The van der Waals surface area contributed by atoms with Crippen LogP contribution in [0.25, 0.3) is 0 Å². The quantitative estimate of drug-likeness (QED) is 0.581. The van der Waals surface area contributed by atoms with Gasteiger partial charge in [0.1, 0.15) is 0 Å². The number of carbonyl (C=O) groups is 1. The van der Waals surface area contributed by atoms with Crippen molar-refractivity contribution >= 4 is 21.6 Å². The predicted octanol–water partition coefficient (Wildman–Crippen LogP) is 3.52. The highest BCUT2D eigenvalue weighted by atomic mass is 32.2. The minimum absolute atomic E-state index is 0.0323. The number of para-hydroxylation sites is 1. The number of carbonyl (C=O) groups excluding carboxylic acids is 1. The van der Waals surface area contributed by atoms with E-state index in [-0.39, 0.29) is 16.8 Å². The number of hydrogen-bond donors (Lipinski definition) is 2. The van der Waals surface area contributed by atoms with Gasteiger partial charge in [-0.05, 0) is 56.1 Å². The van der Waals surface area contributed by atoms with Crippen molar-refractivity contribution in [3.8, 4) is 0 Å². The maximum Gasteiger partial charge on any atom is 0.261 e. The van der Waals surface area contributed by atoms with Crippen LogP contribution >= 0.6 is 0 Å². The van der Waals surface area contributed by atoms with E-state index in [1.807, 2.05) is 55.4 Å². The zero-order valence-corrected chi connectivity index (χ0v) is 17.8. The first-order chi connectivity index (χ1) is 14.4. The van der Waals surface area contributed by atoms with Crippen molar-refractivity contribution in [1.82, 2.24) is 10.2 Å². The highest BCUT2D eigenvalue weighted by Crippen LogP contribution is 2.18. The van der Waals surface area contributed by atoms with Gasteiger partial charge in [0.2, 0.25) is 0 Å². The molecule has 30 heavy (non-hydrogen) atoms. The second kappa shape index (κ2) is 9.56. The Morgan fingerprint density at radius 2 is 1.43 bits per heavy atom. The van der Waals surface area contributed by atoms with Crippen LogP contribution in [-0.2, 0) is 10.0 Å². The summed E-state index contributed by atoms with van der Waals surface area (Å²) in [6.07, 6.45) is 0. The van der Waals surface area contributed by atoms with E-state index in [1.54, 1.807) is 24.3 Å². The summed E-state index contributed by atoms with van der Waals surface area (Å²) in [5.74, 6) is -0.252. The Hall–Kier alpha value is -3.16. The van der Waals surface area contributed by atoms with Crippen LogP contribution in [-0.4, -0.2) is 39.9 Å². The lowest BCUT2D eigenvalue weighted by molar-refractivity contribution is 0.0942. The molecule has 0 spiro atoms. The fourth-order valence-electron chi connectivity index (χ4n) is 3.07. The molecule has 2 N–H and O–H groups in total. The normalized spacial score (nSPS) is 12.4. The van der Waals surface area contributed by atoms with Crippen molar-refractivity contribution in [3.05, 3.63) is 96.1 Å². The van der Waals surface area contributed by atoms with Crippen LogP contribution in [0, 0.1) is 0 Å². The molecule has 3 aromatic carbocycles. The molecule has 3 aromatic rings. The Morgan fingerprint density at radius 3 is 2.00 bits per heavy atom. The molecule has 1 atom stereocenters. The lowest BCUT2D eigenvalue weighted by atomic mass is 10.1. The van der Waals surface area contributed by atoms with Crippen molar-refractivity contribution in [1.29, 1.82) is 0 Å². The van der Waals surface area contributed by atoms with Crippen LogP contribution in [0.4, 0.5) is 5.69 Å².